The lowest BCUT2D eigenvalue weighted by Crippen LogP contribution is -2.36. The third-order valence-electron chi connectivity index (χ3n) is 5.00. The summed E-state index contributed by atoms with van der Waals surface area (Å²) in [5.41, 5.74) is 3.19. The van der Waals surface area contributed by atoms with Gasteiger partial charge in [0.15, 0.2) is 11.6 Å². The molecule has 0 spiro atoms. The van der Waals surface area contributed by atoms with E-state index in [4.69, 9.17) is 4.65 Å². The Kier molecular flexibility index (Phi) is 5.75. The molecule has 0 saturated carbocycles. The molecule has 0 aliphatic carbocycles. The molecule has 1 atom stereocenters. The van der Waals surface area contributed by atoms with Crippen LogP contribution in [0.15, 0.2) is 18.2 Å². The van der Waals surface area contributed by atoms with Gasteiger partial charge in [-0.1, -0.05) is 31.2 Å². The van der Waals surface area contributed by atoms with Crippen LogP contribution in [0.25, 0.3) is 0 Å². The van der Waals surface area contributed by atoms with Crippen LogP contribution in [0.3, 0.4) is 0 Å². The number of rotatable bonds is 7. The number of aromatic nitrogens is 3. The molecule has 1 aromatic heterocycles. The van der Waals surface area contributed by atoms with Crippen LogP contribution in [0.5, 0.6) is 5.75 Å². The van der Waals surface area contributed by atoms with Crippen LogP contribution in [0.1, 0.15) is 54.5 Å². The van der Waals surface area contributed by atoms with E-state index in [0.717, 1.165) is 29.8 Å². The van der Waals surface area contributed by atoms with Gasteiger partial charge in [-0.15, -0.1) is 5.10 Å². The molecule has 0 amide bonds. The number of fused-ring (bicyclic) bond motifs is 1. The van der Waals surface area contributed by atoms with E-state index in [1.807, 2.05) is 19.9 Å². The summed E-state index contributed by atoms with van der Waals surface area (Å²) in [6.07, 6.45) is 2.21. The number of ketones is 2. The van der Waals surface area contributed by atoms with Gasteiger partial charge in [0, 0.05) is 12.2 Å². The molecule has 0 saturated heterocycles. The summed E-state index contributed by atoms with van der Waals surface area (Å²) in [6.45, 7) is 5.63. The Morgan fingerprint density at radius 1 is 1.33 bits per heavy atom. The third-order valence-corrected chi connectivity index (χ3v) is 5.00. The second kappa shape index (κ2) is 8.04. The molecule has 2 aromatic rings. The summed E-state index contributed by atoms with van der Waals surface area (Å²) in [4.78, 5) is 24.3. The van der Waals surface area contributed by atoms with Gasteiger partial charge < -0.3 is 9.68 Å². The van der Waals surface area contributed by atoms with E-state index in [1.165, 1.54) is 6.92 Å². The SMILES string of the molecule is CCc1nnn(CC(=O)C[C@H]2Cc3cccc(C(C)=O)c3OB2O)c1CC. The minimum atomic E-state index is -1.12. The van der Waals surface area contributed by atoms with Crippen LogP contribution in [-0.4, -0.2) is 38.7 Å². The summed E-state index contributed by atoms with van der Waals surface area (Å²) in [6, 6.07) is 5.34. The molecular formula is C19H24BN3O4. The zero-order chi connectivity index (χ0) is 19.6. The van der Waals surface area contributed by atoms with Crippen molar-refractivity contribution in [3.8, 4) is 5.75 Å². The van der Waals surface area contributed by atoms with Crippen LogP contribution in [0, 0.1) is 0 Å². The minimum Gasteiger partial charge on any atom is -0.535 e. The van der Waals surface area contributed by atoms with E-state index >= 15 is 0 Å². The van der Waals surface area contributed by atoms with Crippen molar-refractivity contribution in [2.45, 2.75) is 58.8 Å². The third kappa shape index (κ3) is 3.95. The first-order chi connectivity index (χ1) is 12.9. The average Bonchev–Trinajstić information content (AvgIpc) is 3.03. The van der Waals surface area contributed by atoms with Crippen molar-refractivity contribution in [3.05, 3.63) is 40.7 Å². The Morgan fingerprint density at radius 2 is 2.11 bits per heavy atom. The first-order valence-electron chi connectivity index (χ1n) is 9.35. The monoisotopic (exact) mass is 369 g/mol. The van der Waals surface area contributed by atoms with Crippen molar-refractivity contribution in [1.29, 1.82) is 0 Å². The van der Waals surface area contributed by atoms with E-state index in [0.29, 0.717) is 17.7 Å². The second-order valence-electron chi connectivity index (χ2n) is 6.91. The van der Waals surface area contributed by atoms with Gasteiger partial charge in [0.2, 0.25) is 0 Å². The summed E-state index contributed by atoms with van der Waals surface area (Å²) in [5.74, 6) is -0.0700. The number of hydrogen-bond acceptors (Lipinski definition) is 6. The summed E-state index contributed by atoms with van der Waals surface area (Å²) in [5, 5.41) is 18.6. The normalized spacial score (nSPS) is 16.0. The number of Topliss-reactive ketones (excluding diaryl/α,β-unsaturated/α-hetero) is 2. The number of hydrogen-bond donors (Lipinski definition) is 1. The van der Waals surface area contributed by atoms with E-state index in [9.17, 15) is 14.6 Å². The highest BCUT2D eigenvalue weighted by molar-refractivity contribution is 6.47. The van der Waals surface area contributed by atoms with E-state index in [-0.39, 0.29) is 30.3 Å². The number of carbonyl (C=O) groups excluding carboxylic acids is 2. The van der Waals surface area contributed by atoms with E-state index in [1.54, 1.807) is 16.8 Å². The summed E-state index contributed by atoms with van der Waals surface area (Å²) >= 11 is 0. The zero-order valence-corrected chi connectivity index (χ0v) is 15.9. The molecule has 7 nitrogen and oxygen atoms in total. The van der Waals surface area contributed by atoms with Crippen LogP contribution < -0.4 is 4.65 Å². The van der Waals surface area contributed by atoms with E-state index in [2.05, 4.69) is 10.3 Å². The molecule has 0 radical (unpaired) electrons. The fourth-order valence-electron chi connectivity index (χ4n) is 3.62. The van der Waals surface area contributed by atoms with Gasteiger partial charge in [-0.25, -0.2) is 4.68 Å². The molecule has 2 heterocycles. The standard InChI is InChI=1S/C19H24BN3O4/c1-4-17-18(5-2)23(22-21-17)11-15(25)10-14-9-13-7-6-8-16(12(3)24)19(13)27-20(14)26/h6-8,14,26H,4-5,9-11H2,1-3H3/t14-/m1/s1. The molecule has 0 unspecified atom stereocenters. The van der Waals surface area contributed by atoms with Crippen LogP contribution in [-0.2, 0) is 30.6 Å². The maximum absolute atomic E-state index is 12.6. The number of benzene rings is 1. The molecule has 3 rings (SSSR count). The Labute approximate surface area is 158 Å². The second-order valence-corrected chi connectivity index (χ2v) is 6.91. The Morgan fingerprint density at radius 3 is 2.78 bits per heavy atom. The van der Waals surface area contributed by atoms with Crippen molar-refractivity contribution < 1.29 is 19.3 Å². The topological polar surface area (TPSA) is 94.3 Å². The lowest BCUT2D eigenvalue weighted by atomic mass is 9.64. The minimum absolute atomic E-state index is 0.0314. The van der Waals surface area contributed by atoms with Crippen LogP contribution in [0.4, 0.5) is 0 Å². The lowest BCUT2D eigenvalue weighted by molar-refractivity contribution is -0.120. The molecule has 1 N–H and O–H groups in total. The predicted molar refractivity (Wildman–Crippen MR) is 101 cm³/mol. The Balaban J connectivity index is 1.71. The van der Waals surface area contributed by atoms with Crippen molar-refractivity contribution in [3.63, 3.8) is 0 Å². The Bertz CT molecular complexity index is 865. The Hall–Kier alpha value is -2.48. The van der Waals surface area contributed by atoms with Crippen molar-refractivity contribution in [1.82, 2.24) is 15.0 Å². The highest BCUT2D eigenvalue weighted by Gasteiger charge is 2.37. The molecule has 27 heavy (non-hydrogen) atoms. The smallest absolute Gasteiger partial charge is 0.526 e. The molecule has 1 aromatic carbocycles. The van der Waals surface area contributed by atoms with Gasteiger partial charge in [0.05, 0.1) is 17.0 Å². The van der Waals surface area contributed by atoms with Gasteiger partial charge >= 0.3 is 7.12 Å². The van der Waals surface area contributed by atoms with Crippen molar-refractivity contribution in [2.24, 2.45) is 0 Å². The van der Waals surface area contributed by atoms with Gasteiger partial charge in [-0.05, 0) is 37.8 Å². The number of carbonyl (C=O) groups is 2. The maximum atomic E-state index is 12.6. The van der Waals surface area contributed by atoms with Gasteiger partial charge in [-0.3, -0.25) is 9.59 Å². The van der Waals surface area contributed by atoms with E-state index < -0.39 is 7.12 Å². The molecule has 0 fully saturated rings. The number of nitrogens with zero attached hydrogens (tertiary/aromatic N) is 3. The van der Waals surface area contributed by atoms with Crippen LogP contribution in [0.2, 0.25) is 5.82 Å². The van der Waals surface area contributed by atoms with Crippen molar-refractivity contribution in [2.75, 3.05) is 0 Å². The molecule has 1 aliphatic heterocycles. The average molecular weight is 369 g/mol. The molecule has 8 heteroatoms. The fourth-order valence-corrected chi connectivity index (χ4v) is 3.62. The quantitative estimate of drug-likeness (QED) is 0.593. The van der Waals surface area contributed by atoms with Gasteiger partial charge in [0.25, 0.3) is 0 Å². The van der Waals surface area contributed by atoms with Gasteiger partial charge in [0.1, 0.15) is 12.3 Å². The molecule has 142 valence electrons. The van der Waals surface area contributed by atoms with Gasteiger partial charge in [-0.2, -0.15) is 0 Å². The molecular weight excluding hydrogens is 345 g/mol. The molecule has 1 aliphatic rings. The number of para-hydroxylation sites is 1. The summed E-state index contributed by atoms with van der Waals surface area (Å²) in [7, 11) is -1.12. The largest absolute Gasteiger partial charge is 0.535 e. The molecule has 0 bridgehead atoms. The van der Waals surface area contributed by atoms with Crippen molar-refractivity contribution >= 4 is 18.7 Å². The summed E-state index contributed by atoms with van der Waals surface area (Å²) < 4.78 is 7.25. The highest BCUT2D eigenvalue weighted by Crippen LogP contribution is 2.36. The zero-order valence-electron chi connectivity index (χ0n) is 15.9. The lowest BCUT2D eigenvalue weighted by Gasteiger charge is -2.28. The first kappa shape index (κ1) is 19.3. The first-order valence-corrected chi connectivity index (χ1v) is 9.35. The number of aryl methyl sites for hydroxylation is 1. The van der Waals surface area contributed by atoms with Crippen LogP contribution >= 0.6 is 0 Å². The maximum Gasteiger partial charge on any atom is 0.526 e. The fraction of sp³-hybridized carbons (Fsp3) is 0.474. The predicted octanol–water partition coefficient (Wildman–Crippen LogP) is 2.05. The highest BCUT2D eigenvalue weighted by atomic mass is 16.5.